The van der Waals surface area contributed by atoms with Crippen LogP contribution in [0, 0.1) is 0 Å². The van der Waals surface area contributed by atoms with Gasteiger partial charge >= 0.3 is 12.2 Å². The molecule has 1 aromatic carbocycles. The van der Waals surface area contributed by atoms with E-state index >= 15 is 0 Å². The Kier molecular flexibility index (Phi) is 6.48. The SMILES string of the molecule is CC(C)(C)OC(=O)N1CC(c2nnc3ccccn23)C[C@H](NC(=O)OCc2ccccc2)C1. The highest BCUT2D eigenvalue weighted by Crippen LogP contribution is 2.27. The van der Waals surface area contributed by atoms with Crippen molar-refractivity contribution in [1.82, 2.24) is 24.8 Å². The molecule has 9 heteroatoms. The van der Waals surface area contributed by atoms with E-state index in [1.807, 2.05) is 79.9 Å². The van der Waals surface area contributed by atoms with Crippen molar-refractivity contribution in [2.24, 2.45) is 0 Å². The maximum atomic E-state index is 12.9. The van der Waals surface area contributed by atoms with Crippen LogP contribution >= 0.6 is 0 Å². The summed E-state index contributed by atoms with van der Waals surface area (Å²) in [4.78, 5) is 27.0. The Hall–Kier alpha value is -3.62. The van der Waals surface area contributed by atoms with Gasteiger partial charge in [0.25, 0.3) is 0 Å². The minimum absolute atomic E-state index is 0.136. The number of rotatable bonds is 4. The van der Waals surface area contributed by atoms with Gasteiger partial charge in [0.15, 0.2) is 5.65 Å². The van der Waals surface area contributed by atoms with E-state index < -0.39 is 17.8 Å². The van der Waals surface area contributed by atoms with Crippen molar-refractivity contribution in [1.29, 1.82) is 0 Å². The Morgan fingerprint density at radius 3 is 2.58 bits per heavy atom. The molecular weight excluding hydrogens is 422 g/mol. The van der Waals surface area contributed by atoms with Crippen molar-refractivity contribution in [2.75, 3.05) is 13.1 Å². The fraction of sp³-hybridized carbons (Fsp3) is 0.417. The Morgan fingerprint density at radius 1 is 1.06 bits per heavy atom. The zero-order valence-corrected chi connectivity index (χ0v) is 19.1. The summed E-state index contributed by atoms with van der Waals surface area (Å²) in [5, 5.41) is 11.5. The number of alkyl carbamates (subject to hydrolysis) is 1. The zero-order chi connectivity index (χ0) is 23.4. The van der Waals surface area contributed by atoms with Gasteiger partial charge in [-0.15, -0.1) is 10.2 Å². The summed E-state index contributed by atoms with van der Waals surface area (Å²) in [6.45, 7) is 6.40. The van der Waals surface area contributed by atoms with E-state index in [-0.39, 0.29) is 18.6 Å². The van der Waals surface area contributed by atoms with Crippen molar-refractivity contribution < 1.29 is 19.1 Å². The summed E-state index contributed by atoms with van der Waals surface area (Å²) in [7, 11) is 0. The van der Waals surface area contributed by atoms with Gasteiger partial charge in [-0.25, -0.2) is 9.59 Å². The second-order valence-corrected chi connectivity index (χ2v) is 9.21. The topological polar surface area (TPSA) is 98.1 Å². The highest BCUT2D eigenvalue weighted by molar-refractivity contribution is 5.70. The van der Waals surface area contributed by atoms with Crippen LogP contribution in [0.2, 0.25) is 0 Å². The van der Waals surface area contributed by atoms with Gasteiger partial charge in [0.05, 0.1) is 6.04 Å². The van der Waals surface area contributed by atoms with Crippen molar-refractivity contribution in [2.45, 2.75) is 51.4 Å². The summed E-state index contributed by atoms with van der Waals surface area (Å²) in [6.07, 6.45) is 1.54. The first-order valence-corrected chi connectivity index (χ1v) is 11.0. The van der Waals surface area contributed by atoms with Crippen LogP contribution in [-0.4, -0.2) is 56.4 Å². The largest absolute Gasteiger partial charge is 0.445 e. The highest BCUT2D eigenvalue weighted by atomic mass is 16.6. The number of benzene rings is 1. The number of carbonyl (C=O) groups is 2. The second kappa shape index (κ2) is 9.48. The fourth-order valence-electron chi connectivity index (χ4n) is 3.94. The van der Waals surface area contributed by atoms with E-state index in [1.165, 1.54) is 0 Å². The first-order chi connectivity index (χ1) is 15.8. The van der Waals surface area contributed by atoms with Crippen molar-refractivity contribution in [3.8, 4) is 0 Å². The molecule has 1 aliphatic heterocycles. The normalized spacial score (nSPS) is 18.7. The highest BCUT2D eigenvalue weighted by Gasteiger charge is 2.36. The smallest absolute Gasteiger partial charge is 0.410 e. The molecule has 33 heavy (non-hydrogen) atoms. The van der Waals surface area contributed by atoms with Crippen molar-refractivity contribution in [3.63, 3.8) is 0 Å². The molecule has 0 saturated carbocycles. The summed E-state index contributed by atoms with van der Waals surface area (Å²) >= 11 is 0. The van der Waals surface area contributed by atoms with E-state index in [2.05, 4.69) is 15.5 Å². The van der Waals surface area contributed by atoms with E-state index in [1.54, 1.807) is 4.90 Å². The van der Waals surface area contributed by atoms with Gasteiger partial charge in [-0.1, -0.05) is 36.4 Å². The summed E-state index contributed by atoms with van der Waals surface area (Å²) in [5.74, 6) is 0.603. The van der Waals surface area contributed by atoms with Crippen molar-refractivity contribution >= 4 is 17.8 Å². The molecule has 1 aliphatic rings. The Balaban J connectivity index is 1.49. The summed E-state index contributed by atoms with van der Waals surface area (Å²) < 4.78 is 12.9. The summed E-state index contributed by atoms with van der Waals surface area (Å²) in [5.41, 5.74) is 1.01. The average Bonchev–Trinajstić information content (AvgIpc) is 3.21. The monoisotopic (exact) mass is 451 g/mol. The molecule has 1 fully saturated rings. The molecule has 9 nitrogen and oxygen atoms in total. The number of nitrogens with one attached hydrogen (secondary N) is 1. The van der Waals surface area contributed by atoms with Crippen molar-refractivity contribution in [3.05, 3.63) is 66.1 Å². The van der Waals surface area contributed by atoms with Gasteiger partial charge in [0, 0.05) is 25.2 Å². The lowest BCUT2D eigenvalue weighted by molar-refractivity contribution is 0.0159. The molecule has 0 radical (unpaired) electrons. The van der Waals surface area contributed by atoms with Gasteiger partial charge in [0.2, 0.25) is 0 Å². The van der Waals surface area contributed by atoms with Gasteiger partial charge < -0.3 is 19.7 Å². The molecule has 2 aromatic heterocycles. The van der Waals surface area contributed by atoms with Gasteiger partial charge in [-0.05, 0) is 44.9 Å². The maximum absolute atomic E-state index is 12.9. The zero-order valence-electron chi connectivity index (χ0n) is 19.1. The third-order valence-electron chi connectivity index (χ3n) is 5.34. The number of carbonyl (C=O) groups excluding carboxylic acids is 2. The summed E-state index contributed by atoms with van der Waals surface area (Å²) in [6, 6.07) is 14.8. The first kappa shape index (κ1) is 22.6. The minimum atomic E-state index is -0.622. The van der Waals surface area contributed by atoms with Gasteiger partial charge in [-0.3, -0.25) is 4.40 Å². The number of nitrogens with zero attached hydrogens (tertiary/aromatic N) is 4. The Bertz CT molecular complexity index is 1110. The molecule has 2 amide bonds. The lowest BCUT2D eigenvalue weighted by Gasteiger charge is -2.37. The Morgan fingerprint density at radius 2 is 1.82 bits per heavy atom. The van der Waals surface area contributed by atoms with Crippen LogP contribution in [0.25, 0.3) is 5.65 Å². The van der Waals surface area contributed by atoms with Gasteiger partial charge in [-0.2, -0.15) is 0 Å². The van der Waals surface area contributed by atoms with Crippen LogP contribution in [0.15, 0.2) is 54.7 Å². The van der Waals surface area contributed by atoms with Crippen LogP contribution in [0.4, 0.5) is 9.59 Å². The lowest BCUT2D eigenvalue weighted by Crippen LogP contribution is -2.53. The van der Waals surface area contributed by atoms with Gasteiger partial charge in [0.1, 0.15) is 18.0 Å². The molecule has 0 aliphatic carbocycles. The predicted octanol–water partition coefficient (Wildman–Crippen LogP) is 3.75. The number of likely N-dealkylation sites (tertiary alicyclic amines) is 1. The number of piperidine rings is 1. The lowest BCUT2D eigenvalue weighted by atomic mass is 9.93. The predicted molar refractivity (Wildman–Crippen MR) is 122 cm³/mol. The van der Waals surface area contributed by atoms with Crippen LogP contribution in [0.1, 0.15) is 44.5 Å². The molecular formula is C24H29N5O4. The molecule has 3 aromatic rings. The minimum Gasteiger partial charge on any atom is -0.445 e. The van der Waals surface area contributed by atoms with Crippen LogP contribution in [-0.2, 0) is 16.1 Å². The molecule has 0 spiro atoms. The molecule has 4 rings (SSSR count). The van der Waals surface area contributed by atoms with Crippen LogP contribution in [0.5, 0.6) is 0 Å². The number of hydrogen-bond acceptors (Lipinski definition) is 6. The number of amides is 2. The number of fused-ring (bicyclic) bond motifs is 1. The molecule has 0 bridgehead atoms. The molecule has 174 valence electrons. The molecule has 1 saturated heterocycles. The molecule has 1 N–H and O–H groups in total. The molecule has 2 atom stereocenters. The second-order valence-electron chi connectivity index (χ2n) is 9.21. The third-order valence-corrected chi connectivity index (χ3v) is 5.34. The fourth-order valence-corrected chi connectivity index (χ4v) is 3.94. The van der Waals surface area contributed by atoms with E-state index in [0.717, 1.165) is 17.0 Å². The number of aromatic nitrogens is 3. The third kappa shape index (κ3) is 5.79. The van der Waals surface area contributed by atoms with E-state index in [9.17, 15) is 9.59 Å². The molecule has 3 heterocycles. The number of ether oxygens (including phenoxy) is 2. The van der Waals surface area contributed by atoms with Crippen LogP contribution < -0.4 is 5.32 Å². The Labute approximate surface area is 192 Å². The maximum Gasteiger partial charge on any atom is 0.410 e. The van der Waals surface area contributed by atoms with E-state index in [4.69, 9.17) is 9.47 Å². The standard InChI is InChI=1S/C24H29N5O4/c1-24(2,3)33-23(31)28-14-18(21-27-26-20-11-7-8-12-29(20)21)13-19(15-28)25-22(30)32-16-17-9-5-4-6-10-17/h4-12,18-19H,13-16H2,1-3H3,(H,25,30)/t18?,19-/m0/s1. The van der Waals surface area contributed by atoms with Crippen LogP contribution in [0.3, 0.4) is 0 Å². The average molecular weight is 452 g/mol. The number of pyridine rings is 1. The number of hydrogen-bond donors (Lipinski definition) is 1. The first-order valence-electron chi connectivity index (χ1n) is 11.0. The quantitative estimate of drug-likeness (QED) is 0.649. The molecule has 1 unspecified atom stereocenters. The van der Waals surface area contributed by atoms with E-state index in [0.29, 0.717) is 19.5 Å².